The molecule has 0 bridgehead atoms. The predicted molar refractivity (Wildman–Crippen MR) is 106 cm³/mol. The number of hydrogen-bond donors (Lipinski definition) is 2. The molecule has 1 aliphatic carbocycles. The first-order chi connectivity index (χ1) is 13.6. The Morgan fingerprint density at radius 3 is 2.57 bits per heavy atom. The van der Waals surface area contributed by atoms with Gasteiger partial charge in [-0.1, -0.05) is 31.4 Å². The minimum atomic E-state index is -0.228. The molecule has 1 aliphatic heterocycles. The summed E-state index contributed by atoms with van der Waals surface area (Å²) in [5, 5.41) is 17.5. The molecule has 1 heterocycles. The molecule has 1 saturated carbocycles. The molecule has 7 heteroatoms. The fourth-order valence-electron chi connectivity index (χ4n) is 4.13. The minimum Gasteiger partial charge on any atom is -0.497 e. The molecule has 0 saturated heterocycles. The fourth-order valence-corrected chi connectivity index (χ4v) is 4.13. The molecular formula is C21H29N3O4. The zero-order valence-corrected chi connectivity index (χ0v) is 16.4. The van der Waals surface area contributed by atoms with Crippen molar-refractivity contribution in [1.82, 2.24) is 10.3 Å². The first-order valence-electron chi connectivity index (χ1n) is 9.99. The lowest BCUT2D eigenvalue weighted by Gasteiger charge is -2.38. The number of aliphatic hydroxyl groups is 1. The molecule has 0 aromatic heterocycles. The van der Waals surface area contributed by atoms with Crippen LogP contribution >= 0.6 is 0 Å². The first-order valence-corrected chi connectivity index (χ1v) is 9.99. The van der Waals surface area contributed by atoms with E-state index in [1.165, 1.54) is 17.0 Å². The number of hydrazone groups is 1. The monoisotopic (exact) mass is 387 g/mol. The van der Waals surface area contributed by atoms with Gasteiger partial charge < -0.3 is 15.2 Å². The van der Waals surface area contributed by atoms with Crippen molar-refractivity contribution < 1.29 is 19.4 Å². The van der Waals surface area contributed by atoms with Gasteiger partial charge in [0.15, 0.2) is 0 Å². The van der Waals surface area contributed by atoms with E-state index in [1.807, 2.05) is 12.1 Å². The van der Waals surface area contributed by atoms with Crippen LogP contribution in [0.3, 0.4) is 0 Å². The average Bonchev–Trinajstić information content (AvgIpc) is 2.74. The minimum absolute atomic E-state index is 0.0873. The Hall–Kier alpha value is -2.41. The Morgan fingerprint density at radius 1 is 1.21 bits per heavy atom. The summed E-state index contributed by atoms with van der Waals surface area (Å²) in [5.41, 5.74) is 1.49. The highest BCUT2D eigenvalue weighted by atomic mass is 16.5. The van der Waals surface area contributed by atoms with Crippen molar-refractivity contribution in [3.8, 4) is 5.75 Å². The number of hydrogen-bond acceptors (Lipinski definition) is 5. The van der Waals surface area contributed by atoms with E-state index in [1.54, 1.807) is 7.11 Å². The molecular weight excluding hydrogens is 358 g/mol. The quantitative estimate of drug-likeness (QED) is 0.748. The Balaban J connectivity index is 1.72. The van der Waals surface area contributed by atoms with Gasteiger partial charge >= 0.3 is 0 Å². The second kappa shape index (κ2) is 9.19. The van der Waals surface area contributed by atoms with E-state index < -0.39 is 0 Å². The summed E-state index contributed by atoms with van der Waals surface area (Å²) in [6, 6.07) is 8.13. The first kappa shape index (κ1) is 20.3. The van der Waals surface area contributed by atoms with Gasteiger partial charge in [-0.2, -0.15) is 5.10 Å². The number of ether oxygens (including phenoxy) is 1. The topological polar surface area (TPSA) is 91.2 Å². The van der Waals surface area contributed by atoms with E-state index in [2.05, 4.69) is 22.6 Å². The Bertz CT molecular complexity index is 724. The van der Waals surface area contributed by atoms with Crippen molar-refractivity contribution in [3.05, 3.63) is 29.8 Å². The number of amides is 2. The third-order valence-corrected chi connectivity index (χ3v) is 5.78. The lowest BCUT2D eigenvalue weighted by molar-refractivity contribution is -0.132. The molecule has 0 spiro atoms. The number of nitrogens with zero attached hydrogens (tertiary/aromatic N) is 2. The summed E-state index contributed by atoms with van der Waals surface area (Å²) < 4.78 is 5.27. The summed E-state index contributed by atoms with van der Waals surface area (Å²) in [4.78, 5) is 24.5. The molecule has 1 fully saturated rings. The average molecular weight is 387 g/mol. The third-order valence-electron chi connectivity index (χ3n) is 5.78. The van der Waals surface area contributed by atoms with E-state index in [0.29, 0.717) is 18.7 Å². The number of carbonyl (C=O) groups excluding carboxylic acids is 2. The maximum absolute atomic E-state index is 12.7. The second-order valence-corrected chi connectivity index (χ2v) is 7.54. The van der Waals surface area contributed by atoms with E-state index in [4.69, 9.17) is 9.84 Å². The van der Waals surface area contributed by atoms with Crippen LogP contribution < -0.4 is 10.1 Å². The van der Waals surface area contributed by atoms with Gasteiger partial charge in [-0.3, -0.25) is 9.59 Å². The van der Waals surface area contributed by atoms with Gasteiger partial charge in [0.25, 0.3) is 5.91 Å². The van der Waals surface area contributed by atoms with Crippen molar-refractivity contribution in [2.24, 2.45) is 5.10 Å². The highest BCUT2D eigenvalue weighted by Crippen LogP contribution is 2.39. The lowest BCUT2D eigenvalue weighted by atomic mass is 9.69. The smallest absolute Gasteiger partial charge is 0.267 e. The Morgan fingerprint density at radius 2 is 1.93 bits per heavy atom. The van der Waals surface area contributed by atoms with E-state index in [-0.39, 0.29) is 36.8 Å². The number of carbonyl (C=O) groups is 2. The fraction of sp³-hybridized carbons (Fsp3) is 0.571. The molecule has 152 valence electrons. The van der Waals surface area contributed by atoms with Crippen molar-refractivity contribution in [2.75, 3.05) is 26.8 Å². The second-order valence-electron chi connectivity index (χ2n) is 7.54. The van der Waals surface area contributed by atoms with Crippen LogP contribution in [-0.4, -0.2) is 54.4 Å². The predicted octanol–water partition coefficient (Wildman–Crippen LogP) is 1.98. The van der Waals surface area contributed by atoms with Crippen molar-refractivity contribution >= 4 is 17.5 Å². The Labute approximate surface area is 165 Å². The van der Waals surface area contributed by atoms with Gasteiger partial charge in [0.05, 0.1) is 20.3 Å². The number of benzene rings is 1. The molecule has 0 atom stereocenters. The maximum Gasteiger partial charge on any atom is 0.267 e. The molecule has 28 heavy (non-hydrogen) atoms. The highest BCUT2D eigenvalue weighted by molar-refractivity contribution is 6.39. The van der Waals surface area contributed by atoms with E-state index in [0.717, 1.165) is 31.4 Å². The number of β-amino-alcohol motifs (C(OH)–C–C–N with tert-alkyl or cyclic N) is 1. The van der Waals surface area contributed by atoms with Crippen LogP contribution in [0.1, 0.15) is 50.5 Å². The number of nitrogens with one attached hydrogen (secondary N) is 1. The lowest BCUT2D eigenvalue weighted by Crippen LogP contribution is -2.46. The van der Waals surface area contributed by atoms with Gasteiger partial charge in [-0.25, -0.2) is 5.01 Å². The molecule has 0 unspecified atom stereocenters. The summed E-state index contributed by atoms with van der Waals surface area (Å²) in [6.07, 6.45) is 6.14. The molecule has 0 radical (unpaired) electrons. The van der Waals surface area contributed by atoms with Crippen LogP contribution in [0.25, 0.3) is 0 Å². The summed E-state index contributed by atoms with van der Waals surface area (Å²) in [7, 11) is 1.65. The van der Waals surface area contributed by atoms with E-state index >= 15 is 0 Å². The zero-order chi connectivity index (χ0) is 20.0. The van der Waals surface area contributed by atoms with Crippen LogP contribution in [0.15, 0.2) is 29.4 Å². The van der Waals surface area contributed by atoms with Gasteiger partial charge in [0.1, 0.15) is 11.5 Å². The normalized spacial score (nSPS) is 19.1. The van der Waals surface area contributed by atoms with Crippen molar-refractivity contribution in [1.29, 1.82) is 0 Å². The van der Waals surface area contributed by atoms with Crippen LogP contribution in [0.5, 0.6) is 5.75 Å². The highest BCUT2D eigenvalue weighted by Gasteiger charge is 2.35. The summed E-state index contributed by atoms with van der Waals surface area (Å²) >= 11 is 0. The number of methoxy groups -OCH3 is 1. The molecule has 1 aromatic carbocycles. The van der Waals surface area contributed by atoms with Gasteiger partial charge in [-0.05, 0) is 30.5 Å². The molecule has 2 aliphatic rings. The third kappa shape index (κ3) is 4.52. The zero-order valence-electron chi connectivity index (χ0n) is 16.4. The van der Waals surface area contributed by atoms with Crippen LogP contribution in [0, 0.1) is 0 Å². The molecule has 3 rings (SSSR count). The number of rotatable bonds is 7. The van der Waals surface area contributed by atoms with Gasteiger partial charge in [0, 0.05) is 24.8 Å². The maximum atomic E-state index is 12.7. The summed E-state index contributed by atoms with van der Waals surface area (Å²) in [5.74, 6) is 0.436. The van der Waals surface area contributed by atoms with E-state index in [9.17, 15) is 9.59 Å². The van der Waals surface area contributed by atoms with Crippen LogP contribution in [-0.2, 0) is 15.0 Å². The number of aliphatic hydroxyl groups excluding tert-OH is 1. The SMILES string of the molecule is COc1ccc(C2(CNC(=O)C3=NN(CCO)C(=O)CC3)CCCCC2)cc1. The molecule has 7 nitrogen and oxygen atoms in total. The van der Waals surface area contributed by atoms with Crippen molar-refractivity contribution in [2.45, 2.75) is 50.4 Å². The summed E-state index contributed by atoms with van der Waals surface area (Å²) in [6.45, 7) is 0.487. The Kier molecular flexibility index (Phi) is 6.67. The standard InChI is InChI=1S/C21H29N3O4/c1-28-17-7-5-16(6-8-17)21(11-3-2-4-12-21)15-22-20(27)18-9-10-19(26)24(23-18)13-14-25/h5-8,25H,2-4,9-15H2,1H3,(H,22,27). The van der Waals surface area contributed by atoms with Gasteiger partial charge in [0.2, 0.25) is 5.91 Å². The molecule has 1 aromatic rings. The van der Waals surface area contributed by atoms with Gasteiger partial charge in [-0.15, -0.1) is 0 Å². The van der Waals surface area contributed by atoms with Crippen LogP contribution in [0.4, 0.5) is 0 Å². The molecule has 2 amide bonds. The van der Waals surface area contributed by atoms with Crippen molar-refractivity contribution in [3.63, 3.8) is 0 Å². The van der Waals surface area contributed by atoms with Crippen LogP contribution in [0.2, 0.25) is 0 Å². The molecule has 2 N–H and O–H groups in total. The largest absolute Gasteiger partial charge is 0.497 e.